The fourth-order valence-corrected chi connectivity index (χ4v) is 3.98. The van der Waals surface area contributed by atoms with Crippen molar-refractivity contribution in [2.45, 2.75) is 6.54 Å². The highest BCUT2D eigenvalue weighted by atomic mass is 32.1. The van der Waals surface area contributed by atoms with Gasteiger partial charge in [0.25, 0.3) is 5.91 Å². The molecule has 0 aliphatic heterocycles. The third-order valence-corrected chi connectivity index (χ3v) is 5.46. The summed E-state index contributed by atoms with van der Waals surface area (Å²) >= 11 is 1.39. The quantitative estimate of drug-likeness (QED) is 0.471. The highest BCUT2D eigenvalue weighted by Gasteiger charge is 2.18. The van der Waals surface area contributed by atoms with Crippen LogP contribution in [-0.4, -0.2) is 5.91 Å². The van der Waals surface area contributed by atoms with Crippen molar-refractivity contribution >= 4 is 22.2 Å². The summed E-state index contributed by atoms with van der Waals surface area (Å²) in [5.74, 6) is -0.148. The minimum atomic E-state index is -0.148. The van der Waals surface area contributed by atoms with Gasteiger partial charge in [-0.2, -0.15) is 0 Å². The molecule has 0 spiro atoms. The highest BCUT2D eigenvalue weighted by Crippen LogP contribution is 2.34. The largest absolute Gasteiger partial charge is 0.390 e. The van der Waals surface area contributed by atoms with Crippen LogP contribution in [0, 0.1) is 0 Å². The molecule has 4 rings (SSSR count). The van der Waals surface area contributed by atoms with Crippen LogP contribution in [0.15, 0.2) is 90.3 Å². The lowest BCUT2D eigenvalue weighted by atomic mass is 9.99. The zero-order valence-electron chi connectivity index (χ0n) is 15.3. The van der Waals surface area contributed by atoms with E-state index in [9.17, 15) is 4.79 Å². The first kappa shape index (κ1) is 18.0. The second-order valence-corrected chi connectivity index (χ2v) is 7.41. The fraction of sp³-hybridized carbons (Fsp3) is 0.0417. The molecule has 0 radical (unpaired) electrons. The summed E-state index contributed by atoms with van der Waals surface area (Å²) in [5.41, 5.74) is 11.9. The number of nitrogens with two attached hydrogens (primary N) is 1. The maximum absolute atomic E-state index is 12.8. The highest BCUT2D eigenvalue weighted by molar-refractivity contribution is 7.15. The zero-order chi connectivity index (χ0) is 19.3. The Bertz CT molecular complexity index is 1070. The van der Waals surface area contributed by atoms with E-state index < -0.39 is 0 Å². The predicted octanol–water partition coefficient (Wildman–Crippen LogP) is 5.59. The van der Waals surface area contributed by atoms with E-state index in [4.69, 9.17) is 5.73 Å². The monoisotopic (exact) mass is 384 g/mol. The molecule has 0 unspecified atom stereocenters. The van der Waals surface area contributed by atoms with Gasteiger partial charge in [-0.25, -0.2) is 0 Å². The molecule has 0 saturated carbocycles. The number of anilines is 1. The van der Waals surface area contributed by atoms with Gasteiger partial charge in [-0.3, -0.25) is 4.79 Å². The van der Waals surface area contributed by atoms with Gasteiger partial charge in [0.05, 0.1) is 10.6 Å². The van der Waals surface area contributed by atoms with Crippen LogP contribution in [0.4, 0.5) is 5.00 Å². The van der Waals surface area contributed by atoms with Crippen LogP contribution < -0.4 is 11.1 Å². The molecule has 138 valence electrons. The summed E-state index contributed by atoms with van der Waals surface area (Å²) in [6, 6.07) is 28.3. The number of carbonyl (C=O) groups excluding carboxylic acids is 1. The number of nitrogens with one attached hydrogen (secondary N) is 1. The van der Waals surface area contributed by atoms with Crippen molar-refractivity contribution in [1.29, 1.82) is 0 Å². The number of carbonyl (C=O) groups is 1. The average molecular weight is 385 g/mol. The summed E-state index contributed by atoms with van der Waals surface area (Å²) in [7, 11) is 0. The van der Waals surface area contributed by atoms with Crippen molar-refractivity contribution in [3.8, 4) is 22.3 Å². The Morgan fingerprint density at radius 2 is 1.36 bits per heavy atom. The Hall–Kier alpha value is -3.37. The Morgan fingerprint density at radius 1 is 0.786 bits per heavy atom. The molecule has 4 heteroatoms. The first-order valence-corrected chi connectivity index (χ1v) is 9.95. The average Bonchev–Trinajstić information content (AvgIpc) is 3.15. The molecule has 0 saturated heterocycles. The van der Waals surface area contributed by atoms with Crippen molar-refractivity contribution in [3.63, 3.8) is 0 Å². The molecule has 3 N–H and O–H groups in total. The standard InChI is InChI=1S/C24H20N2OS/c25-23-22(24(27)26-15-17-7-3-1-4-8-17)21(16-28-23)20-13-11-19(12-14-20)18-9-5-2-6-10-18/h1-14,16H,15,25H2,(H,26,27). The fourth-order valence-electron chi connectivity index (χ4n) is 3.16. The molecular weight excluding hydrogens is 364 g/mol. The summed E-state index contributed by atoms with van der Waals surface area (Å²) in [6.45, 7) is 0.474. The van der Waals surface area contributed by atoms with E-state index in [1.165, 1.54) is 16.9 Å². The molecule has 0 aliphatic carbocycles. The maximum atomic E-state index is 12.8. The lowest BCUT2D eigenvalue weighted by Crippen LogP contribution is -2.23. The van der Waals surface area contributed by atoms with Gasteiger partial charge in [-0.1, -0.05) is 84.9 Å². The molecule has 0 fully saturated rings. The second-order valence-electron chi connectivity index (χ2n) is 6.50. The van der Waals surface area contributed by atoms with Crippen molar-refractivity contribution in [1.82, 2.24) is 5.32 Å². The molecule has 28 heavy (non-hydrogen) atoms. The van der Waals surface area contributed by atoms with Crippen LogP contribution in [-0.2, 0) is 6.54 Å². The molecule has 4 aromatic rings. The molecule has 0 bridgehead atoms. The second kappa shape index (κ2) is 8.11. The summed E-state index contributed by atoms with van der Waals surface area (Å²) < 4.78 is 0. The summed E-state index contributed by atoms with van der Waals surface area (Å²) in [4.78, 5) is 12.8. The van der Waals surface area contributed by atoms with Crippen molar-refractivity contribution in [2.75, 3.05) is 5.73 Å². The number of hydrogen-bond acceptors (Lipinski definition) is 3. The van der Waals surface area contributed by atoms with E-state index in [0.717, 1.165) is 22.3 Å². The van der Waals surface area contributed by atoms with E-state index in [-0.39, 0.29) is 5.91 Å². The smallest absolute Gasteiger partial charge is 0.255 e. The van der Waals surface area contributed by atoms with Gasteiger partial charge in [-0.15, -0.1) is 11.3 Å². The van der Waals surface area contributed by atoms with Gasteiger partial charge in [0.15, 0.2) is 0 Å². The van der Waals surface area contributed by atoms with Crippen molar-refractivity contribution in [2.24, 2.45) is 0 Å². The lowest BCUT2D eigenvalue weighted by Gasteiger charge is -2.09. The van der Waals surface area contributed by atoms with Crippen LogP contribution in [0.2, 0.25) is 0 Å². The Balaban J connectivity index is 1.57. The van der Waals surface area contributed by atoms with Crippen LogP contribution in [0.5, 0.6) is 0 Å². The van der Waals surface area contributed by atoms with E-state index in [1.54, 1.807) is 0 Å². The third-order valence-electron chi connectivity index (χ3n) is 4.65. The SMILES string of the molecule is Nc1scc(-c2ccc(-c3ccccc3)cc2)c1C(=O)NCc1ccccc1. The van der Waals surface area contributed by atoms with Gasteiger partial charge in [0.1, 0.15) is 0 Å². The number of benzene rings is 3. The van der Waals surface area contributed by atoms with Gasteiger partial charge in [0, 0.05) is 17.5 Å². The minimum absolute atomic E-state index is 0.148. The first-order chi connectivity index (χ1) is 13.7. The van der Waals surface area contributed by atoms with Gasteiger partial charge < -0.3 is 11.1 Å². The predicted molar refractivity (Wildman–Crippen MR) is 117 cm³/mol. The topological polar surface area (TPSA) is 55.1 Å². The minimum Gasteiger partial charge on any atom is -0.390 e. The van der Waals surface area contributed by atoms with Crippen LogP contribution in [0.1, 0.15) is 15.9 Å². The van der Waals surface area contributed by atoms with E-state index in [2.05, 4.69) is 29.6 Å². The summed E-state index contributed by atoms with van der Waals surface area (Å²) in [5, 5.41) is 5.46. The molecule has 0 atom stereocenters. The van der Waals surface area contributed by atoms with Crippen LogP contribution >= 0.6 is 11.3 Å². The van der Waals surface area contributed by atoms with E-state index >= 15 is 0 Å². The molecule has 1 aromatic heterocycles. The van der Waals surface area contributed by atoms with Crippen LogP contribution in [0.3, 0.4) is 0 Å². The Kier molecular flexibility index (Phi) is 5.22. The number of amides is 1. The maximum Gasteiger partial charge on any atom is 0.255 e. The molecular formula is C24H20N2OS. The van der Waals surface area contributed by atoms with Crippen molar-refractivity contribution in [3.05, 3.63) is 101 Å². The zero-order valence-corrected chi connectivity index (χ0v) is 16.1. The number of nitrogen functional groups attached to an aromatic ring is 1. The third kappa shape index (κ3) is 3.82. The number of hydrogen-bond donors (Lipinski definition) is 2. The Morgan fingerprint density at radius 3 is 2.04 bits per heavy atom. The molecule has 1 amide bonds. The first-order valence-electron chi connectivity index (χ1n) is 9.07. The Labute approximate surface area is 168 Å². The van der Waals surface area contributed by atoms with E-state index in [1.807, 2.05) is 66.0 Å². The lowest BCUT2D eigenvalue weighted by molar-refractivity contribution is 0.0953. The summed E-state index contributed by atoms with van der Waals surface area (Å²) in [6.07, 6.45) is 0. The normalized spacial score (nSPS) is 10.6. The molecule has 1 heterocycles. The van der Waals surface area contributed by atoms with Gasteiger partial charge in [-0.05, 0) is 22.3 Å². The number of thiophene rings is 1. The molecule has 0 aliphatic rings. The van der Waals surface area contributed by atoms with E-state index in [0.29, 0.717) is 17.1 Å². The van der Waals surface area contributed by atoms with Gasteiger partial charge >= 0.3 is 0 Å². The van der Waals surface area contributed by atoms with Crippen LogP contribution in [0.25, 0.3) is 22.3 Å². The number of rotatable bonds is 5. The molecule has 3 nitrogen and oxygen atoms in total. The van der Waals surface area contributed by atoms with Gasteiger partial charge in [0.2, 0.25) is 0 Å². The van der Waals surface area contributed by atoms with Crippen molar-refractivity contribution < 1.29 is 4.79 Å². The molecule has 3 aromatic carbocycles.